The molecule has 1 amide bonds. The second kappa shape index (κ2) is 12.5. The molecule has 1 aromatic heterocycles. The Kier molecular flexibility index (Phi) is 9.35. The molecule has 0 spiro atoms. The molecule has 1 aliphatic heterocycles. The van der Waals surface area contributed by atoms with Crippen LogP contribution in [0.25, 0.3) is 22.5 Å². The number of hydrogen-bond donors (Lipinski definition) is 3. The van der Waals surface area contributed by atoms with Crippen molar-refractivity contribution in [2.24, 2.45) is 10.8 Å². The zero-order valence-corrected chi connectivity index (χ0v) is 25.5. The summed E-state index contributed by atoms with van der Waals surface area (Å²) in [5.74, 6) is -0.111. The summed E-state index contributed by atoms with van der Waals surface area (Å²) in [6, 6.07) is 15.2. The van der Waals surface area contributed by atoms with Crippen LogP contribution in [0.1, 0.15) is 72.8 Å². The first-order valence-corrected chi connectivity index (χ1v) is 14.6. The van der Waals surface area contributed by atoms with Gasteiger partial charge in [0.25, 0.3) is 0 Å². The Hall–Kier alpha value is -3.40. The summed E-state index contributed by atoms with van der Waals surface area (Å²) in [5, 5.41) is 40.9. The quantitative estimate of drug-likeness (QED) is 0.335. The van der Waals surface area contributed by atoms with Crippen molar-refractivity contribution in [2.45, 2.75) is 98.6 Å². The summed E-state index contributed by atoms with van der Waals surface area (Å²) in [4.78, 5) is 27.9. The zero-order valence-electron chi connectivity index (χ0n) is 25.5. The van der Waals surface area contributed by atoms with Gasteiger partial charge in [0.2, 0.25) is 5.91 Å². The van der Waals surface area contributed by atoms with Gasteiger partial charge >= 0.3 is 0 Å². The second-order valence-electron chi connectivity index (χ2n) is 13.6. The van der Waals surface area contributed by atoms with Crippen molar-refractivity contribution >= 4 is 17.4 Å². The highest BCUT2D eigenvalue weighted by Gasteiger charge is 2.31. The Morgan fingerprint density at radius 1 is 0.881 bits per heavy atom. The van der Waals surface area contributed by atoms with Crippen LogP contribution in [0.15, 0.2) is 48.5 Å². The predicted octanol–water partition coefficient (Wildman–Crippen LogP) is 4.76. The van der Waals surface area contributed by atoms with Gasteiger partial charge in [-0.3, -0.25) is 9.59 Å². The zero-order chi connectivity index (χ0) is 30.8. The number of Topliss-reactive ketones (excluding diaryl/α,β-unsaturated/α-hetero) is 1. The molecule has 0 fully saturated rings. The maximum absolute atomic E-state index is 13.6. The third-order valence-corrected chi connectivity index (χ3v) is 7.65. The number of benzene rings is 2. The standard InChI is InChI=1S/C33H44N4O5/c1-32(2,3)18-27(40)26(39)17-22(38)20-37-31-23-12-8-7-11-21(23)19-36(29(42)16-15-28(41)33(4,5)6)25-14-10-9-13-24(25)30(31)34-35-37/h7-14,22,26-27,38-40H,15-20H2,1-6H3/t22-,26-,27-/m1/s1. The van der Waals surface area contributed by atoms with Crippen LogP contribution in [0.2, 0.25) is 0 Å². The minimum atomic E-state index is -1.08. The molecule has 0 aliphatic carbocycles. The van der Waals surface area contributed by atoms with Crippen LogP contribution >= 0.6 is 0 Å². The Morgan fingerprint density at radius 2 is 1.52 bits per heavy atom. The largest absolute Gasteiger partial charge is 0.391 e. The average Bonchev–Trinajstić information content (AvgIpc) is 3.30. The normalized spacial score (nSPS) is 15.5. The Morgan fingerprint density at radius 3 is 2.19 bits per heavy atom. The molecule has 226 valence electrons. The van der Waals surface area contributed by atoms with Gasteiger partial charge in [-0.2, -0.15) is 0 Å². The highest BCUT2D eigenvalue weighted by molar-refractivity contribution is 6.01. The van der Waals surface area contributed by atoms with Gasteiger partial charge in [0, 0.05) is 35.8 Å². The van der Waals surface area contributed by atoms with Crippen LogP contribution in [-0.2, 0) is 22.7 Å². The highest BCUT2D eigenvalue weighted by Crippen LogP contribution is 2.41. The number of carbonyl (C=O) groups excluding carboxylic acids is 2. The van der Waals surface area contributed by atoms with Crippen molar-refractivity contribution < 1.29 is 24.9 Å². The fraction of sp³-hybridized carbons (Fsp3) is 0.515. The van der Waals surface area contributed by atoms with E-state index >= 15 is 0 Å². The number of amides is 1. The molecule has 1 aliphatic rings. The Bertz CT molecular complexity index is 1420. The molecule has 0 saturated carbocycles. The van der Waals surface area contributed by atoms with Crippen molar-refractivity contribution in [3.05, 3.63) is 54.1 Å². The molecule has 3 N–H and O–H groups in total. The molecule has 9 nitrogen and oxygen atoms in total. The van der Waals surface area contributed by atoms with Gasteiger partial charge in [-0.25, -0.2) is 4.68 Å². The first-order chi connectivity index (χ1) is 19.7. The summed E-state index contributed by atoms with van der Waals surface area (Å²) < 4.78 is 1.64. The van der Waals surface area contributed by atoms with Crippen molar-refractivity contribution in [3.8, 4) is 22.5 Å². The van der Waals surface area contributed by atoms with Crippen molar-refractivity contribution in [1.82, 2.24) is 15.0 Å². The predicted molar refractivity (Wildman–Crippen MR) is 162 cm³/mol. The maximum Gasteiger partial charge on any atom is 0.227 e. The van der Waals surface area contributed by atoms with Gasteiger partial charge in [0.05, 0.1) is 42.8 Å². The van der Waals surface area contributed by atoms with Crippen molar-refractivity contribution in [3.63, 3.8) is 0 Å². The van der Waals surface area contributed by atoms with E-state index in [1.165, 1.54) is 0 Å². The lowest BCUT2D eigenvalue weighted by atomic mass is 9.86. The van der Waals surface area contributed by atoms with Crippen LogP contribution in [0.3, 0.4) is 0 Å². The molecule has 4 rings (SSSR count). The van der Waals surface area contributed by atoms with Crippen LogP contribution in [0.4, 0.5) is 5.69 Å². The number of nitrogens with zero attached hydrogens (tertiary/aromatic N) is 4. The van der Waals surface area contributed by atoms with E-state index in [1.807, 2.05) is 90.1 Å². The number of aliphatic hydroxyl groups is 3. The summed E-state index contributed by atoms with van der Waals surface area (Å²) in [6.07, 6.45) is -2.36. The molecule has 0 radical (unpaired) electrons. The Balaban J connectivity index is 1.67. The van der Waals surface area contributed by atoms with Gasteiger partial charge in [-0.15, -0.1) is 5.10 Å². The van der Waals surface area contributed by atoms with E-state index in [4.69, 9.17) is 0 Å². The summed E-state index contributed by atoms with van der Waals surface area (Å²) in [7, 11) is 0. The lowest BCUT2D eigenvalue weighted by Gasteiger charge is -2.29. The number of aromatic nitrogens is 3. The highest BCUT2D eigenvalue weighted by atomic mass is 16.3. The van der Waals surface area contributed by atoms with Crippen LogP contribution in [0, 0.1) is 10.8 Å². The molecule has 0 saturated heterocycles. The minimum Gasteiger partial charge on any atom is -0.391 e. The first-order valence-electron chi connectivity index (χ1n) is 14.6. The molecule has 0 bridgehead atoms. The van der Waals surface area contributed by atoms with E-state index in [1.54, 1.807) is 9.58 Å². The van der Waals surface area contributed by atoms with Gasteiger partial charge in [-0.1, -0.05) is 89.2 Å². The summed E-state index contributed by atoms with van der Waals surface area (Å²) in [5.41, 5.74) is 3.70. The first kappa shape index (κ1) is 31.5. The number of hydrogen-bond acceptors (Lipinski definition) is 7. The lowest BCUT2D eigenvalue weighted by molar-refractivity contribution is -0.129. The molecular formula is C33H44N4O5. The van der Waals surface area contributed by atoms with E-state index in [0.29, 0.717) is 30.0 Å². The fourth-order valence-corrected chi connectivity index (χ4v) is 5.37. The number of carbonyl (C=O) groups is 2. The third-order valence-electron chi connectivity index (χ3n) is 7.65. The van der Waals surface area contributed by atoms with E-state index in [2.05, 4.69) is 10.3 Å². The summed E-state index contributed by atoms with van der Waals surface area (Å²) >= 11 is 0. The third kappa shape index (κ3) is 7.32. The molecule has 9 heteroatoms. The molecule has 2 heterocycles. The maximum atomic E-state index is 13.6. The van der Waals surface area contributed by atoms with E-state index in [9.17, 15) is 24.9 Å². The van der Waals surface area contributed by atoms with Crippen LogP contribution in [-0.4, -0.2) is 60.3 Å². The second-order valence-corrected chi connectivity index (χ2v) is 13.6. The van der Waals surface area contributed by atoms with E-state index in [0.717, 1.165) is 16.7 Å². The fourth-order valence-electron chi connectivity index (χ4n) is 5.37. The van der Waals surface area contributed by atoms with Crippen molar-refractivity contribution in [2.75, 3.05) is 4.90 Å². The molecule has 2 aromatic carbocycles. The van der Waals surface area contributed by atoms with E-state index in [-0.39, 0.29) is 42.9 Å². The molecule has 0 unspecified atom stereocenters. The van der Waals surface area contributed by atoms with Crippen LogP contribution in [0.5, 0.6) is 0 Å². The van der Waals surface area contributed by atoms with Gasteiger partial charge < -0.3 is 20.2 Å². The molecule has 3 atom stereocenters. The topological polar surface area (TPSA) is 129 Å². The van der Waals surface area contributed by atoms with Gasteiger partial charge in [0.15, 0.2) is 0 Å². The van der Waals surface area contributed by atoms with E-state index < -0.39 is 23.7 Å². The SMILES string of the molecule is CC(C)(C)C[C@@H](O)[C@H](O)C[C@@H](O)Cn1nnc2c1-c1ccccc1CN(C(=O)CCC(=O)C(C)(C)C)c1ccccc1-2. The number of para-hydroxylation sites is 1. The number of rotatable bonds is 9. The minimum absolute atomic E-state index is 0.0142. The monoisotopic (exact) mass is 576 g/mol. The van der Waals surface area contributed by atoms with Gasteiger partial charge in [0.1, 0.15) is 11.5 Å². The molecule has 42 heavy (non-hydrogen) atoms. The Labute approximate surface area is 248 Å². The number of anilines is 1. The number of fused-ring (bicyclic) bond motifs is 5. The summed E-state index contributed by atoms with van der Waals surface area (Å²) in [6.45, 7) is 11.9. The molecule has 3 aromatic rings. The van der Waals surface area contributed by atoms with Gasteiger partial charge in [-0.05, 0) is 23.5 Å². The number of ketones is 1. The average molecular weight is 577 g/mol. The van der Waals surface area contributed by atoms with Crippen molar-refractivity contribution in [1.29, 1.82) is 0 Å². The molecular weight excluding hydrogens is 532 g/mol. The number of aliphatic hydroxyl groups excluding tert-OH is 3. The lowest BCUT2D eigenvalue weighted by Crippen LogP contribution is -2.34. The smallest absolute Gasteiger partial charge is 0.227 e. The van der Waals surface area contributed by atoms with Crippen LogP contribution < -0.4 is 4.90 Å².